The second-order valence-corrected chi connectivity index (χ2v) is 2.28. The highest BCUT2D eigenvalue weighted by molar-refractivity contribution is 6.08. The van der Waals surface area contributed by atoms with Crippen LogP contribution < -0.4 is 10.6 Å². The van der Waals surface area contributed by atoms with E-state index in [0.717, 1.165) is 19.1 Å². The molecule has 0 unspecified atom stereocenters. The standard InChI is InChI=1S/C6H15N2Si/c1-3-7-6(5-9)8-4-2/h6-8H,3-5H2,1-2H3. The lowest BCUT2D eigenvalue weighted by Gasteiger charge is -2.15. The van der Waals surface area contributed by atoms with Crippen LogP contribution in [-0.2, 0) is 0 Å². The lowest BCUT2D eigenvalue weighted by Crippen LogP contribution is -2.41. The second kappa shape index (κ2) is 6.26. The van der Waals surface area contributed by atoms with Crippen LogP contribution in [-0.4, -0.2) is 29.5 Å². The summed E-state index contributed by atoms with van der Waals surface area (Å²) in [5.74, 6) is 0. The molecular formula is C6H15N2Si. The van der Waals surface area contributed by atoms with E-state index in [0.29, 0.717) is 6.17 Å². The zero-order chi connectivity index (χ0) is 7.11. The van der Waals surface area contributed by atoms with Crippen LogP contribution in [0, 0.1) is 0 Å². The molecule has 0 saturated carbocycles. The number of nitrogens with one attached hydrogen (secondary N) is 2. The topological polar surface area (TPSA) is 24.1 Å². The molecule has 53 valence electrons. The van der Waals surface area contributed by atoms with Gasteiger partial charge in [0.15, 0.2) is 0 Å². The van der Waals surface area contributed by atoms with E-state index >= 15 is 0 Å². The van der Waals surface area contributed by atoms with Crippen molar-refractivity contribution in [2.75, 3.05) is 13.1 Å². The van der Waals surface area contributed by atoms with Gasteiger partial charge in [-0.2, -0.15) is 0 Å². The Morgan fingerprint density at radius 2 is 1.67 bits per heavy atom. The molecule has 9 heavy (non-hydrogen) atoms. The Kier molecular flexibility index (Phi) is 6.35. The smallest absolute Gasteiger partial charge is 0.0540 e. The third-order valence-corrected chi connectivity index (χ3v) is 1.51. The Bertz CT molecular complexity index is 53.0. The third-order valence-electron chi connectivity index (χ3n) is 1.11. The van der Waals surface area contributed by atoms with Crippen LogP contribution in [0.3, 0.4) is 0 Å². The average molecular weight is 143 g/mol. The zero-order valence-electron chi connectivity index (χ0n) is 6.20. The van der Waals surface area contributed by atoms with Gasteiger partial charge in [0.25, 0.3) is 0 Å². The largest absolute Gasteiger partial charge is 0.302 e. The maximum Gasteiger partial charge on any atom is 0.0540 e. The van der Waals surface area contributed by atoms with Gasteiger partial charge >= 0.3 is 0 Å². The van der Waals surface area contributed by atoms with Crippen LogP contribution in [0.15, 0.2) is 0 Å². The van der Waals surface area contributed by atoms with Crippen molar-refractivity contribution in [2.24, 2.45) is 0 Å². The third kappa shape index (κ3) is 4.63. The van der Waals surface area contributed by atoms with E-state index in [1.807, 2.05) is 0 Å². The molecule has 0 heterocycles. The van der Waals surface area contributed by atoms with Crippen molar-refractivity contribution in [1.29, 1.82) is 0 Å². The van der Waals surface area contributed by atoms with Gasteiger partial charge in [-0.15, -0.1) is 0 Å². The normalized spacial score (nSPS) is 10.7. The summed E-state index contributed by atoms with van der Waals surface area (Å²) in [5.41, 5.74) is 0. The predicted octanol–water partition coefficient (Wildman–Crippen LogP) is 0.118. The Labute approximate surface area is 60.8 Å². The first-order valence-electron chi connectivity index (χ1n) is 3.46. The molecule has 0 aliphatic rings. The summed E-state index contributed by atoms with van der Waals surface area (Å²) in [7, 11) is 3.44. The van der Waals surface area contributed by atoms with Crippen LogP contribution in [0.1, 0.15) is 13.8 Å². The molecule has 0 amide bonds. The van der Waals surface area contributed by atoms with Gasteiger partial charge in [-0.1, -0.05) is 13.8 Å². The van der Waals surface area contributed by atoms with Crippen LogP contribution in [0.5, 0.6) is 0 Å². The van der Waals surface area contributed by atoms with Gasteiger partial charge < -0.3 is 10.6 Å². The summed E-state index contributed by atoms with van der Waals surface area (Å²) in [6.07, 6.45) is 0.427. The average Bonchev–Trinajstić information content (AvgIpc) is 1.88. The maximum absolute atomic E-state index is 3.44. The molecule has 3 heteroatoms. The van der Waals surface area contributed by atoms with Crippen molar-refractivity contribution in [1.82, 2.24) is 10.6 Å². The van der Waals surface area contributed by atoms with E-state index in [4.69, 9.17) is 0 Å². The molecular weight excluding hydrogens is 128 g/mol. The first kappa shape index (κ1) is 9.14. The molecule has 3 radical (unpaired) electrons. The predicted molar refractivity (Wildman–Crippen MR) is 41.7 cm³/mol. The first-order valence-corrected chi connectivity index (χ1v) is 4.17. The minimum absolute atomic E-state index is 0.427. The maximum atomic E-state index is 3.44. The Hall–Kier alpha value is 0.137. The van der Waals surface area contributed by atoms with E-state index in [2.05, 4.69) is 34.7 Å². The molecule has 2 N–H and O–H groups in total. The summed E-state index contributed by atoms with van der Waals surface area (Å²) in [6.45, 7) is 6.24. The molecule has 0 atom stereocenters. The number of hydrogen-bond donors (Lipinski definition) is 2. The molecule has 0 fully saturated rings. The summed E-state index contributed by atoms with van der Waals surface area (Å²) in [6, 6.07) is 0.960. The summed E-state index contributed by atoms with van der Waals surface area (Å²) >= 11 is 0. The Balaban J connectivity index is 3.18. The van der Waals surface area contributed by atoms with Crippen LogP contribution in [0.2, 0.25) is 6.04 Å². The van der Waals surface area contributed by atoms with E-state index in [-0.39, 0.29) is 0 Å². The Morgan fingerprint density at radius 1 is 1.22 bits per heavy atom. The monoisotopic (exact) mass is 143 g/mol. The summed E-state index contributed by atoms with van der Waals surface area (Å²) in [5, 5.41) is 6.55. The molecule has 0 bridgehead atoms. The first-order chi connectivity index (χ1) is 4.35. The molecule has 0 aliphatic heterocycles. The fourth-order valence-corrected chi connectivity index (χ4v) is 0.998. The molecule has 0 saturated heterocycles. The summed E-state index contributed by atoms with van der Waals surface area (Å²) < 4.78 is 0. The van der Waals surface area contributed by atoms with Crippen LogP contribution >= 0.6 is 0 Å². The minimum Gasteiger partial charge on any atom is -0.302 e. The van der Waals surface area contributed by atoms with Crippen LogP contribution in [0.4, 0.5) is 0 Å². The van der Waals surface area contributed by atoms with E-state index in [1.165, 1.54) is 0 Å². The van der Waals surface area contributed by atoms with Crippen LogP contribution in [0.25, 0.3) is 0 Å². The molecule has 0 aromatic carbocycles. The van der Waals surface area contributed by atoms with E-state index < -0.39 is 0 Å². The summed E-state index contributed by atoms with van der Waals surface area (Å²) in [4.78, 5) is 0. The van der Waals surface area contributed by atoms with Crippen molar-refractivity contribution >= 4 is 10.2 Å². The van der Waals surface area contributed by atoms with Gasteiger partial charge in [0, 0.05) is 10.2 Å². The van der Waals surface area contributed by atoms with Crippen molar-refractivity contribution in [3.8, 4) is 0 Å². The zero-order valence-corrected chi connectivity index (χ0v) is 7.20. The lowest BCUT2D eigenvalue weighted by atomic mass is 10.5. The van der Waals surface area contributed by atoms with Gasteiger partial charge in [-0.3, -0.25) is 0 Å². The van der Waals surface area contributed by atoms with Crippen molar-refractivity contribution in [2.45, 2.75) is 26.1 Å². The highest BCUT2D eigenvalue weighted by Gasteiger charge is 1.98. The van der Waals surface area contributed by atoms with Crippen molar-refractivity contribution < 1.29 is 0 Å². The van der Waals surface area contributed by atoms with E-state index in [9.17, 15) is 0 Å². The SMILES string of the molecule is CCNC(C[Si])NCC. The Morgan fingerprint density at radius 3 is 1.89 bits per heavy atom. The molecule has 0 aromatic heterocycles. The quantitative estimate of drug-likeness (QED) is 0.422. The van der Waals surface area contributed by atoms with E-state index in [1.54, 1.807) is 0 Å². The van der Waals surface area contributed by atoms with Gasteiger partial charge in [-0.05, 0) is 19.1 Å². The number of rotatable bonds is 5. The van der Waals surface area contributed by atoms with Gasteiger partial charge in [0.2, 0.25) is 0 Å². The highest BCUT2D eigenvalue weighted by Crippen LogP contribution is 1.80. The molecule has 0 aromatic rings. The second-order valence-electron chi connectivity index (χ2n) is 1.87. The van der Waals surface area contributed by atoms with Crippen molar-refractivity contribution in [3.05, 3.63) is 0 Å². The molecule has 0 spiro atoms. The van der Waals surface area contributed by atoms with Crippen molar-refractivity contribution in [3.63, 3.8) is 0 Å². The van der Waals surface area contributed by atoms with Gasteiger partial charge in [0.05, 0.1) is 6.17 Å². The highest BCUT2D eigenvalue weighted by atomic mass is 28.1. The number of hydrogen-bond acceptors (Lipinski definition) is 2. The molecule has 0 rings (SSSR count). The fourth-order valence-electron chi connectivity index (χ4n) is 0.709. The van der Waals surface area contributed by atoms with Gasteiger partial charge in [-0.25, -0.2) is 0 Å². The fraction of sp³-hybridized carbons (Fsp3) is 1.00. The van der Waals surface area contributed by atoms with Gasteiger partial charge in [0.1, 0.15) is 0 Å². The minimum atomic E-state index is 0.427. The lowest BCUT2D eigenvalue weighted by molar-refractivity contribution is 0.478. The molecule has 0 aliphatic carbocycles. The molecule has 2 nitrogen and oxygen atoms in total.